The van der Waals surface area contributed by atoms with Gasteiger partial charge >= 0.3 is 11.9 Å². The SMILES string of the molecule is CCCCOC(=O)C(CC(=O)OCC)NC(C)CC. The lowest BCUT2D eigenvalue weighted by Gasteiger charge is -2.20. The lowest BCUT2D eigenvalue weighted by atomic mass is 10.1. The standard InChI is InChI=1S/C14H27NO4/c1-5-8-9-19-14(17)12(15-11(4)6-2)10-13(16)18-7-3/h11-12,15H,5-10H2,1-4H3. The third kappa shape index (κ3) is 8.59. The van der Waals surface area contributed by atoms with Gasteiger partial charge in [0.15, 0.2) is 0 Å². The summed E-state index contributed by atoms with van der Waals surface area (Å²) in [4.78, 5) is 23.4. The molecular weight excluding hydrogens is 246 g/mol. The number of ether oxygens (including phenoxy) is 2. The molecule has 0 aliphatic heterocycles. The van der Waals surface area contributed by atoms with Crippen molar-refractivity contribution >= 4 is 11.9 Å². The summed E-state index contributed by atoms with van der Waals surface area (Å²) in [6.07, 6.45) is 2.69. The molecule has 0 aliphatic carbocycles. The van der Waals surface area contributed by atoms with Gasteiger partial charge in [0.2, 0.25) is 0 Å². The Bertz CT molecular complexity index is 268. The molecule has 2 atom stereocenters. The van der Waals surface area contributed by atoms with E-state index in [1.165, 1.54) is 0 Å². The van der Waals surface area contributed by atoms with Crippen LogP contribution in [0.25, 0.3) is 0 Å². The van der Waals surface area contributed by atoms with Crippen LogP contribution in [0.1, 0.15) is 53.4 Å². The van der Waals surface area contributed by atoms with E-state index in [-0.39, 0.29) is 24.4 Å². The van der Waals surface area contributed by atoms with Crippen molar-refractivity contribution in [3.63, 3.8) is 0 Å². The molecule has 19 heavy (non-hydrogen) atoms. The van der Waals surface area contributed by atoms with E-state index < -0.39 is 6.04 Å². The van der Waals surface area contributed by atoms with Gasteiger partial charge in [0.05, 0.1) is 19.6 Å². The van der Waals surface area contributed by atoms with Crippen LogP contribution in [0.3, 0.4) is 0 Å². The van der Waals surface area contributed by atoms with E-state index in [2.05, 4.69) is 5.32 Å². The number of unbranched alkanes of at least 4 members (excludes halogenated alkanes) is 1. The highest BCUT2D eigenvalue weighted by Gasteiger charge is 2.25. The summed E-state index contributed by atoms with van der Waals surface area (Å²) in [5, 5.41) is 3.11. The molecule has 0 bridgehead atoms. The Morgan fingerprint density at radius 3 is 2.37 bits per heavy atom. The fraction of sp³-hybridized carbons (Fsp3) is 0.857. The summed E-state index contributed by atoms with van der Waals surface area (Å²) in [5.41, 5.74) is 0. The first-order chi connectivity index (χ1) is 9.04. The van der Waals surface area contributed by atoms with Crippen LogP contribution in [0, 0.1) is 0 Å². The fourth-order valence-electron chi connectivity index (χ4n) is 1.48. The van der Waals surface area contributed by atoms with E-state index in [1.54, 1.807) is 6.92 Å². The molecule has 0 aromatic heterocycles. The van der Waals surface area contributed by atoms with E-state index in [0.29, 0.717) is 13.2 Å². The highest BCUT2D eigenvalue weighted by Crippen LogP contribution is 2.03. The van der Waals surface area contributed by atoms with Crippen LogP contribution in [-0.4, -0.2) is 37.2 Å². The van der Waals surface area contributed by atoms with Crippen molar-refractivity contribution in [3.8, 4) is 0 Å². The van der Waals surface area contributed by atoms with Crippen LogP contribution in [0.5, 0.6) is 0 Å². The smallest absolute Gasteiger partial charge is 0.323 e. The van der Waals surface area contributed by atoms with Crippen LogP contribution in [-0.2, 0) is 19.1 Å². The largest absolute Gasteiger partial charge is 0.466 e. The van der Waals surface area contributed by atoms with Crippen LogP contribution in [0.2, 0.25) is 0 Å². The zero-order valence-electron chi connectivity index (χ0n) is 12.5. The summed E-state index contributed by atoms with van der Waals surface area (Å²) < 4.78 is 10.0. The van der Waals surface area contributed by atoms with Crippen molar-refractivity contribution in [2.45, 2.75) is 65.5 Å². The van der Waals surface area contributed by atoms with Gasteiger partial charge in [-0.2, -0.15) is 0 Å². The van der Waals surface area contributed by atoms with E-state index in [0.717, 1.165) is 19.3 Å². The third-order valence-electron chi connectivity index (χ3n) is 2.80. The predicted molar refractivity (Wildman–Crippen MR) is 73.8 cm³/mol. The first-order valence-electron chi connectivity index (χ1n) is 7.13. The number of rotatable bonds is 10. The summed E-state index contributed by atoms with van der Waals surface area (Å²) >= 11 is 0. The molecule has 5 heteroatoms. The van der Waals surface area contributed by atoms with Crippen LogP contribution in [0.4, 0.5) is 0 Å². The number of esters is 2. The highest BCUT2D eigenvalue weighted by atomic mass is 16.5. The quantitative estimate of drug-likeness (QED) is 0.487. The van der Waals surface area contributed by atoms with Crippen molar-refractivity contribution < 1.29 is 19.1 Å². The summed E-state index contributed by atoms with van der Waals surface area (Å²) in [5.74, 6) is -0.752. The number of hydrogen-bond acceptors (Lipinski definition) is 5. The Balaban J connectivity index is 4.38. The molecule has 0 aliphatic rings. The van der Waals surface area contributed by atoms with E-state index in [1.807, 2.05) is 20.8 Å². The Hall–Kier alpha value is -1.10. The minimum Gasteiger partial charge on any atom is -0.466 e. The number of hydrogen-bond donors (Lipinski definition) is 1. The molecule has 0 heterocycles. The first-order valence-corrected chi connectivity index (χ1v) is 7.13. The molecule has 0 amide bonds. The summed E-state index contributed by atoms with van der Waals surface area (Å²) in [7, 11) is 0. The maximum Gasteiger partial charge on any atom is 0.323 e. The van der Waals surface area contributed by atoms with E-state index >= 15 is 0 Å². The van der Waals surface area contributed by atoms with Gasteiger partial charge in [-0.3, -0.25) is 9.59 Å². The average Bonchev–Trinajstić information content (AvgIpc) is 2.38. The van der Waals surface area contributed by atoms with Gasteiger partial charge in [0.1, 0.15) is 6.04 Å². The molecule has 0 spiro atoms. The third-order valence-corrected chi connectivity index (χ3v) is 2.80. The first kappa shape index (κ1) is 17.9. The molecule has 5 nitrogen and oxygen atoms in total. The van der Waals surface area contributed by atoms with Gasteiger partial charge in [-0.15, -0.1) is 0 Å². The van der Waals surface area contributed by atoms with Gasteiger partial charge < -0.3 is 14.8 Å². The average molecular weight is 273 g/mol. The topological polar surface area (TPSA) is 64.6 Å². The highest BCUT2D eigenvalue weighted by molar-refractivity contribution is 5.82. The van der Waals surface area contributed by atoms with Crippen LogP contribution < -0.4 is 5.32 Å². The maximum atomic E-state index is 11.9. The lowest BCUT2D eigenvalue weighted by Crippen LogP contribution is -2.44. The van der Waals surface area contributed by atoms with Gasteiger partial charge in [0.25, 0.3) is 0 Å². The second kappa shape index (κ2) is 10.8. The maximum absolute atomic E-state index is 11.9. The second-order valence-electron chi connectivity index (χ2n) is 4.56. The molecule has 2 unspecified atom stereocenters. The van der Waals surface area contributed by atoms with Crippen LogP contribution >= 0.6 is 0 Å². The second-order valence-corrected chi connectivity index (χ2v) is 4.56. The molecule has 0 radical (unpaired) electrons. The number of carbonyl (C=O) groups excluding carboxylic acids is 2. The van der Waals surface area contributed by atoms with Gasteiger partial charge in [-0.05, 0) is 26.7 Å². The number of carbonyl (C=O) groups is 2. The molecule has 112 valence electrons. The zero-order chi connectivity index (χ0) is 14.7. The van der Waals surface area contributed by atoms with Crippen molar-refractivity contribution in [2.24, 2.45) is 0 Å². The molecule has 0 aromatic carbocycles. The van der Waals surface area contributed by atoms with Crippen molar-refractivity contribution in [3.05, 3.63) is 0 Å². The van der Waals surface area contributed by atoms with Gasteiger partial charge in [0, 0.05) is 6.04 Å². The Kier molecular flexibility index (Phi) is 10.2. The lowest BCUT2D eigenvalue weighted by molar-refractivity contribution is -0.152. The molecular formula is C14H27NO4. The summed E-state index contributed by atoms with van der Waals surface area (Å²) in [6, 6.07) is -0.469. The van der Waals surface area contributed by atoms with Crippen molar-refractivity contribution in [2.75, 3.05) is 13.2 Å². The molecule has 1 N–H and O–H groups in total. The van der Waals surface area contributed by atoms with Crippen molar-refractivity contribution in [1.82, 2.24) is 5.32 Å². The molecule has 0 saturated carbocycles. The molecule has 0 fully saturated rings. The van der Waals surface area contributed by atoms with Crippen LogP contribution in [0.15, 0.2) is 0 Å². The Morgan fingerprint density at radius 1 is 1.16 bits per heavy atom. The van der Waals surface area contributed by atoms with Crippen molar-refractivity contribution in [1.29, 1.82) is 0 Å². The monoisotopic (exact) mass is 273 g/mol. The molecule has 0 aromatic rings. The van der Waals surface area contributed by atoms with E-state index in [4.69, 9.17) is 9.47 Å². The zero-order valence-corrected chi connectivity index (χ0v) is 12.5. The molecule has 0 saturated heterocycles. The minimum atomic E-state index is -0.620. The van der Waals surface area contributed by atoms with E-state index in [9.17, 15) is 9.59 Å². The fourth-order valence-corrected chi connectivity index (χ4v) is 1.48. The Labute approximate surface area is 116 Å². The Morgan fingerprint density at radius 2 is 1.84 bits per heavy atom. The predicted octanol–water partition coefficient (Wildman–Crippen LogP) is 2.04. The van der Waals surface area contributed by atoms with Gasteiger partial charge in [-0.25, -0.2) is 0 Å². The number of nitrogens with one attached hydrogen (secondary N) is 1. The minimum absolute atomic E-state index is 0.0170. The summed E-state index contributed by atoms with van der Waals surface area (Å²) in [6.45, 7) is 8.48. The van der Waals surface area contributed by atoms with Gasteiger partial charge in [-0.1, -0.05) is 20.3 Å². The normalized spacial score (nSPS) is 13.7. The molecule has 0 rings (SSSR count).